The molecule has 0 amide bonds. The highest BCUT2D eigenvalue weighted by atomic mass is 16.5. The van der Waals surface area contributed by atoms with Gasteiger partial charge in [0.15, 0.2) is 0 Å². The number of aromatic nitrogens is 2. The van der Waals surface area contributed by atoms with Gasteiger partial charge < -0.3 is 9.72 Å². The van der Waals surface area contributed by atoms with Crippen molar-refractivity contribution in [1.82, 2.24) is 14.9 Å². The van der Waals surface area contributed by atoms with E-state index in [1.54, 1.807) is 18.2 Å². The molecule has 0 aliphatic rings. The zero-order valence-electron chi connectivity index (χ0n) is 15.0. The van der Waals surface area contributed by atoms with Gasteiger partial charge >= 0.3 is 5.97 Å². The lowest BCUT2D eigenvalue weighted by molar-refractivity contribution is 0.0601. The number of methoxy groups -OCH3 is 1. The van der Waals surface area contributed by atoms with E-state index in [1.165, 1.54) is 12.7 Å². The number of hydrogen-bond acceptors (Lipinski definition) is 5. The molecular weight excluding hydrogens is 330 g/mol. The van der Waals surface area contributed by atoms with Crippen molar-refractivity contribution < 1.29 is 9.53 Å². The first-order valence-electron chi connectivity index (χ1n) is 8.36. The Morgan fingerprint density at radius 2 is 1.96 bits per heavy atom. The van der Waals surface area contributed by atoms with Gasteiger partial charge in [0.1, 0.15) is 5.82 Å². The Kier molecular flexibility index (Phi) is 5.14. The van der Waals surface area contributed by atoms with Crippen molar-refractivity contribution in [2.24, 2.45) is 0 Å². The number of nitrogens with zero attached hydrogens (tertiary/aromatic N) is 2. The number of H-pyrrole nitrogens is 1. The zero-order chi connectivity index (χ0) is 18.7. The van der Waals surface area contributed by atoms with Crippen LogP contribution in [0.1, 0.15) is 34.7 Å². The number of aromatic amines is 1. The number of benzene rings is 2. The molecule has 0 fully saturated rings. The molecule has 1 N–H and O–H groups in total. The van der Waals surface area contributed by atoms with Gasteiger partial charge in [-0.3, -0.25) is 9.69 Å². The Morgan fingerprint density at radius 3 is 2.65 bits per heavy atom. The highest BCUT2D eigenvalue weighted by molar-refractivity contribution is 5.93. The molecule has 2 aromatic carbocycles. The van der Waals surface area contributed by atoms with Crippen LogP contribution in [0.5, 0.6) is 0 Å². The van der Waals surface area contributed by atoms with Crippen LogP contribution in [0.15, 0.2) is 53.3 Å². The summed E-state index contributed by atoms with van der Waals surface area (Å²) >= 11 is 0. The summed E-state index contributed by atoms with van der Waals surface area (Å²) in [5.74, 6) is 0.0974. The minimum Gasteiger partial charge on any atom is -0.465 e. The maximum Gasteiger partial charge on any atom is 0.337 e. The van der Waals surface area contributed by atoms with Crippen LogP contribution in [0, 0.1) is 0 Å². The standard InChI is InChI=1S/C20H21N3O3/c1-13(14-7-5-4-6-8-14)23(2)12-18-21-17-11-15(20(25)26-3)9-10-16(17)19(24)22-18/h4-11,13H,12H2,1-3H3,(H,21,22,24)/t13-/m0/s1. The molecule has 0 aliphatic carbocycles. The molecular formula is C20H21N3O3. The van der Waals surface area contributed by atoms with Crippen molar-refractivity contribution in [1.29, 1.82) is 0 Å². The van der Waals surface area contributed by atoms with E-state index >= 15 is 0 Å². The van der Waals surface area contributed by atoms with Gasteiger partial charge in [-0.05, 0) is 37.7 Å². The van der Waals surface area contributed by atoms with Crippen molar-refractivity contribution in [3.05, 3.63) is 75.8 Å². The van der Waals surface area contributed by atoms with Crippen molar-refractivity contribution in [2.45, 2.75) is 19.5 Å². The second kappa shape index (κ2) is 7.49. The van der Waals surface area contributed by atoms with Gasteiger partial charge in [-0.25, -0.2) is 9.78 Å². The molecule has 1 aromatic heterocycles. The van der Waals surface area contributed by atoms with Crippen molar-refractivity contribution in [3.63, 3.8) is 0 Å². The maximum atomic E-state index is 12.3. The van der Waals surface area contributed by atoms with E-state index in [2.05, 4.69) is 33.9 Å². The Hall–Kier alpha value is -2.99. The zero-order valence-corrected chi connectivity index (χ0v) is 15.0. The Balaban J connectivity index is 1.90. The summed E-state index contributed by atoms with van der Waals surface area (Å²) in [5.41, 5.74) is 1.82. The summed E-state index contributed by atoms with van der Waals surface area (Å²) in [7, 11) is 3.30. The summed E-state index contributed by atoms with van der Waals surface area (Å²) in [6, 6.07) is 15.0. The third-order valence-electron chi connectivity index (χ3n) is 4.52. The normalized spacial score (nSPS) is 12.3. The molecule has 0 bridgehead atoms. The molecule has 26 heavy (non-hydrogen) atoms. The van der Waals surface area contributed by atoms with Crippen LogP contribution >= 0.6 is 0 Å². The second-order valence-electron chi connectivity index (χ2n) is 6.24. The smallest absolute Gasteiger partial charge is 0.337 e. The Morgan fingerprint density at radius 1 is 1.23 bits per heavy atom. The summed E-state index contributed by atoms with van der Waals surface area (Å²) in [6.07, 6.45) is 0. The highest BCUT2D eigenvalue weighted by Gasteiger charge is 2.14. The van der Waals surface area contributed by atoms with Gasteiger partial charge in [0.25, 0.3) is 5.56 Å². The molecule has 1 heterocycles. The average Bonchev–Trinajstić information content (AvgIpc) is 2.66. The summed E-state index contributed by atoms with van der Waals surface area (Å²) in [6.45, 7) is 2.58. The average molecular weight is 351 g/mol. The minimum absolute atomic E-state index is 0.165. The largest absolute Gasteiger partial charge is 0.465 e. The van der Waals surface area contributed by atoms with Gasteiger partial charge in [0.05, 0.1) is 30.1 Å². The number of carbonyl (C=O) groups excluding carboxylic acids is 1. The molecule has 0 unspecified atom stereocenters. The first-order valence-corrected chi connectivity index (χ1v) is 8.36. The van der Waals surface area contributed by atoms with E-state index in [9.17, 15) is 9.59 Å². The number of carbonyl (C=O) groups is 1. The third-order valence-corrected chi connectivity index (χ3v) is 4.52. The van der Waals surface area contributed by atoms with Gasteiger partial charge in [-0.2, -0.15) is 0 Å². The van der Waals surface area contributed by atoms with Crippen molar-refractivity contribution in [2.75, 3.05) is 14.2 Å². The van der Waals surface area contributed by atoms with E-state index < -0.39 is 5.97 Å². The molecule has 0 spiro atoms. The Bertz CT molecular complexity index is 983. The molecule has 3 rings (SSSR count). The van der Waals surface area contributed by atoms with E-state index in [0.717, 1.165) is 0 Å². The van der Waals surface area contributed by atoms with Gasteiger partial charge in [-0.1, -0.05) is 30.3 Å². The predicted molar refractivity (Wildman–Crippen MR) is 100 cm³/mol. The molecule has 134 valence electrons. The molecule has 1 atom stereocenters. The fraction of sp³-hybridized carbons (Fsp3) is 0.250. The topological polar surface area (TPSA) is 75.3 Å². The Labute approximate surface area is 151 Å². The third kappa shape index (κ3) is 3.65. The molecule has 0 saturated carbocycles. The molecule has 3 aromatic rings. The first-order chi connectivity index (χ1) is 12.5. The minimum atomic E-state index is -0.453. The number of esters is 1. The van der Waals surface area contributed by atoms with Gasteiger partial charge in [0, 0.05) is 6.04 Å². The van der Waals surface area contributed by atoms with Crippen LogP contribution in [0.25, 0.3) is 10.9 Å². The lowest BCUT2D eigenvalue weighted by atomic mass is 10.1. The lowest BCUT2D eigenvalue weighted by Gasteiger charge is -2.24. The van der Waals surface area contributed by atoms with Crippen LogP contribution in [-0.4, -0.2) is 35.0 Å². The number of hydrogen-bond donors (Lipinski definition) is 1. The molecule has 0 aliphatic heterocycles. The van der Waals surface area contributed by atoms with E-state index in [0.29, 0.717) is 28.8 Å². The van der Waals surface area contributed by atoms with Crippen LogP contribution in [0.4, 0.5) is 0 Å². The number of ether oxygens (including phenoxy) is 1. The molecule has 0 radical (unpaired) electrons. The summed E-state index contributed by atoms with van der Waals surface area (Å²) < 4.78 is 4.73. The van der Waals surface area contributed by atoms with Crippen LogP contribution in [0.3, 0.4) is 0 Å². The number of fused-ring (bicyclic) bond motifs is 1. The van der Waals surface area contributed by atoms with Crippen LogP contribution in [-0.2, 0) is 11.3 Å². The van der Waals surface area contributed by atoms with Crippen LogP contribution < -0.4 is 5.56 Å². The fourth-order valence-corrected chi connectivity index (χ4v) is 2.87. The molecule has 6 heteroatoms. The summed E-state index contributed by atoms with van der Waals surface area (Å²) in [5, 5.41) is 0.445. The first kappa shape index (κ1) is 17.8. The SMILES string of the molecule is COC(=O)c1ccc2c(=O)[nH]c(CN(C)[C@@H](C)c3ccccc3)nc2c1. The van der Waals surface area contributed by atoms with Crippen molar-refractivity contribution in [3.8, 4) is 0 Å². The lowest BCUT2D eigenvalue weighted by Crippen LogP contribution is -2.25. The summed E-state index contributed by atoms with van der Waals surface area (Å²) in [4.78, 5) is 33.5. The maximum absolute atomic E-state index is 12.3. The molecule has 0 saturated heterocycles. The number of rotatable bonds is 5. The highest BCUT2D eigenvalue weighted by Crippen LogP contribution is 2.20. The molecule has 6 nitrogen and oxygen atoms in total. The van der Waals surface area contributed by atoms with Gasteiger partial charge in [-0.15, -0.1) is 0 Å². The quantitative estimate of drug-likeness (QED) is 0.716. The number of nitrogens with one attached hydrogen (secondary N) is 1. The van der Waals surface area contributed by atoms with E-state index in [1.807, 2.05) is 25.2 Å². The van der Waals surface area contributed by atoms with Crippen LogP contribution in [0.2, 0.25) is 0 Å². The van der Waals surface area contributed by atoms with E-state index in [4.69, 9.17) is 4.74 Å². The van der Waals surface area contributed by atoms with Crippen molar-refractivity contribution >= 4 is 16.9 Å². The van der Waals surface area contributed by atoms with E-state index in [-0.39, 0.29) is 11.6 Å². The predicted octanol–water partition coefficient (Wildman–Crippen LogP) is 2.90. The monoisotopic (exact) mass is 351 g/mol. The second-order valence-corrected chi connectivity index (χ2v) is 6.24. The fourth-order valence-electron chi connectivity index (χ4n) is 2.87. The van der Waals surface area contributed by atoms with Gasteiger partial charge in [0.2, 0.25) is 0 Å².